The maximum atomic E-state index is 13.2. The molecule has 3 rings (SSSR count). The van der Waals surface area contributed by atoms with Gasteiger partial charge in [0.25, 0.3) is 5.91 Å². The number of aromatic amines is 1. The van der Waals surface area contributed by atoms with E-state index in [0.717, 1.165) is 10.9 Å². The highest BCUT2D eigenvalue weighted by molar-refractivity contribution is 6.35. The molecule has 35 heavy (non-hydrogen) atoms. The number of amides is 4. The van der Waals surface area contributed by atoms with E-state index in [-0.39, 0.29) is 12.3 Å². The quantitative estimate of drug-likeness (QED) is 0.186. The van der Waals surface area contributed by atoms with Crippen molar-refractivity contribution in [2.45, 2.75) is 38.8 Å². The van der Waals surface area contributed by atoms with Crippen molar-refractivity contribution >= 4 is 57.6 Å². The largest absolute Gasteiger partial charge is 0.358 e. The average Bonchev–Trinajstić information content (AvgIpc) is 3.22. The van der Waals surface area contributed by atoms with Crippen LogP contribution in [0.1, 0.15) is 26.0 Å². The molecule has 0 aliphatic heterocycles. The monoisotopic (exact) mass is 519 g/mol. The maximum absolute atomic E-state index is 13.2. The van der Waals surface area contributed by atoms with Gasteiger partial charge in [-0.2, -0.15) is 0 Å². The Morgan fingerprint density at radius 2 is 1.69 bits per heavy atom. The average molecular weight is 520 g/mol. The van der Waals surface area contributed by atoms with E-state index in [4.69, 9.17) is 23.2 Å². The summed E-state index contributed by atoms with van der Waals surface area (Å²) >= 11 is 11.9. The van der Waals surface area contributed by atoms with Crippen molar-refractivity contribution < 1.29 is 19.6 Å². The third-order valence-electron chi connectivity index (χ3n) is 5.66. The number of H-pyrrole nitrogens is 1. The Morgan fingerprint density at radius 3 is 2.31 bits per heavy atom. The Hall–Kier alpha value is -3.27. The van der Waals surface area contributed by atoms with Gasteiger partial charge in [0.15, 0.2) is 0 Å². The minimum absolute atomic E-state index is 0.104. The van der Waals surface area contributed by atoms with Crippen molar-refractivity contribution in [3.8, 4) is 0 Å². The van der Waals surface area contributed by atoms with Gasteiger partial charge in [0.05, 0.1) is 0 Å². The highest BCUT2D eigenvalue weighted by Crippen LogP contribution is 2.22. The standard InChI is InChI=1S/C24H27Cl2N5O4/c1-3-13(2)21(30-24(34)28-18-10-15(25)9-16(26)11-18)23(33)29-20(22(32)31-35)12-17-8-14-6-4-5-7-19(14)27-17/h4-11,13,20-21,27,35H,3,12H2,1-2H3,(H,29,33)(H,31,32)(H2,28,30,34)/t13-,20+,21+/m0/s1. The number of urea groups is 1. The third kappa shape index (κ3) is 7.11. The summed E-state index contributed by atoms with van der Waals surface area (Å²) in [4.78, 5) is 41.3. The van der Waals surface area contributed by atoms with E-state index in [1.54, 1.807) is 12.4 Å². The molecule has 6 N–H and O–H groups in total. The number of aromatic nitrogens is 1. The van der Waals surface area contributed by atoms with E-state index in [2.05, 4.69) is 20.9 Å². The first-order valence-electron chi connectivity index (χ1n) is 11.0. The van der Waals surface area contributed by atoms with Gasteiger partial charge in [-0.3, -0.25) is 14.8 Å². The molecular formula is C24H27Cl2N5O4. The fourth-order valence-electron chi connectivity index (χ4n) is 3.65. The second-order valence-electron chi connectivity index (χ2n) is 8.24. The van der Waals surface area contributed by atoms with Gasteiger partial charge in [0, 0.05) is 33.4 Å². The van der Waals surface area contributed by atoms with Crippen molar-refractivity contribution in [1.29, 1.82) is 0 Å². The van der Waals surface area contributed by atoms with Crippen LogP contribution in [0, 0.1) is 5.92 Å². The number of benzene rings is 2. The fraction of sp³-hybridized carbons (Fsp3) is 0.292. The van der Waals surface area contributed by atoms with E-state index in [9.17, 15) is 19.6 Å². The minimum Gasteiger partial charge on any atom is -0.358 e. The molecular weight excluding hydrogens is 493 g/mol. The van der Waals surface area contributed by atoms with Crippen molar-refractivity contribution in [3.05, 3.63) is 64.3 Å². The molecule has 0 unspecified atom stereocenters. The molecule has 0 aliphatic rings. The lowest BCUT2D eigenvalue weighted by Gasteiger charge is -2.26. The molecule has 1 aromatic heterocycles. The molecule has 0 aliphatic carbocycles. The Labute approximate surface area is 212 Å². The first-order valence-corrected chi connectivity index (χ1v) is 11.8. The Kier molecular flexibility index (Phi) is 8.97. The fourth-order valence-corrected chi connectivity index (χ4v) is 4.17. The third-order valence-corrected chi connectivity index (χ3v) is 6.09. The summed E-state index contributed by atoms with van der Waals surface area (Å²) in [7, 11) is 0. The number of fused-ring (bicyclic) bond motifs is 1. The van der Waals surface area contributed by atoms with Crippen molar-refractivity contribution in [1.82, 2.24) is 21.1 Å². The number of carbonyl (C=O) groups is 3. The number of carbonyl (C=O) groups excluding carboxylic acids is 3. The topological polar surface area (TPSA) is 135 Å². The Balaban J connectivity index is 1.73. The lowest BCUT2D eigenvalue weighted by atomic mass is 9.97. The second-order valence-corrected chi connectivity index (χ2v) is 9.12. The SMILES string of the molecule is CC[C@H](C)[C@@H](NC(=O)Nc1cc(Cl)cc(Cl)c1)C(=O)N[C@H](Cc1cc2ccccc2[nH]1)C(=O)NO. The van der Waals surface area contributed by atoms with Crippen LogP contribution in [0.2, 0.25) is 10.0 Å². The highest BCUT2D eigenvalue weighted by Gasteiger charge is 2.30. The Morgan fingerprint density at radius 1 is 1.00 bits per heavy atom. The number of nitrogens with one attached hydrogen (secondary N) is 5. The molecule has 2 aromatic carbocycles. The van der Waals surface area contributed by atoms with Crippen LogP contribution in [0.4, 0.5) is 10.5 Å². The molecule has 186 valence electrons. The number of halogens is 2. The van der Waals surface area contributed by atoms with Gasteiger partial charge in [0.2, 0.25) is 5.91 Å². The van der Waals surface area contributed by atoms with Crippen LogP contribution in [-0.4, -0.2) is 40.1 Å². The zero-order valence-corrected chi connectivity index (χ0v) is 20.7. The van der Waals surface area contributed by atoms with Gasteiger partial charge in [0.1, 0.15) is 12.1 Å². The van der Waals surface area contributed by atoms with Crippen molar-refractivity contribution in [2.24, 2.45) is 5.92 Å². The summed E-state index contributed by atoms with van der Waals surface area (Å²) in [6, 6.07) is 11.4. The highest BCUT2D eigenvalue weighted by atomic mass is 35.5. The van der Waals surface area contributed by atoms with Crippen LogP contribution in [0.5, 0.6) is 0 Å². The van der Waals surface area contributed by atoms with E-state index in [1.165, 1.54) is 18.2 Å². The number of para-hydroxylation sites is 1. The number of hydrogen-bond acceptors (Lipinski definition) is 4. The van der Waals surface area contributed by atoms with Crippen molar-refractivity contribution in [3.63, 3.8) is 0 Å². The smallest absolute Gasteiger partial charge is 0.319 e. The van der Waals surface area contributed by atoms with Crippen LogP contribution >= 0.6 is 23.2 Å². The molecule has 11 heteroatoms. The molecule has 0 fully saturated rings. The predicted octanol–water partition coefficient (Wildman–Crippen LogP) is 4.24. The van der Waals surface area contributed by atoms with E-state index in [0.29, 0.717) is 27.8 Å². The predicted molar refractivity (Wildman–Crippen MR) is 136 cm³/mol. The van der Waals surface area contributed by atoms with Gasteiger partial charge in [-0.1, -0.05) is 61.7 Å². The number of rotatable bonds is 9. The summed E-state index contributed by atoms with van der Waals surface area (Å²) < 4.78 is 0. The van der Waals surface area contributed by atoms with E-state index >= 15 is 0 Å². The molecule has 4 amide bonds. The van der Waals surface area contributed by atoms with Gasteiger partial charge < -0.3 is 20.9 Å². The van der Waals surface area contributed by atoms with Gasteiger partial charge in [-0.15, -0.1) is 0 Å². The molecule has 0 spiro atoms. The first kappa shape index (κ1) is 26.3. The molecule has 0 bridgehead atoms. The molecule has 3 aromatic rings. The molecule has 1 heterocycles. The summed E-state index contributed by atoms with van der Waals surface area (Å²) in [5.74, 6) is -1.60. The van der Waals surface area contributed by atoms with Gasteiger partial charge >= 0.3 is 6.03 Å². The summed E-state index contributed by atoms with van der Waals surface area (Å²) in [6.07, 6.45) is 0.688. The van der Waals surface area contributed by atoms with E-state index in [1.807, 2.05) is 37.3 Å². The number of hydroxylamine groups is 1. The summed E-state index contributed by atoms with van der Waals surface area (Å²) in [5.41, 5.74) is 3.54. The Bertz CT molecular complexity index is 1160. The lowest BCUT2D eigenvalue weighted by molar-refractivity contribution is -0.135. The number of hydrogen-bond donors (Lipinski definition) is 6. The molecule has 0 radical (unpaired) electrons. The molecule has 0 saturated heterocycles. The van der Waals surface area contributed by atoms with Crippen LogP contribution < -0.4 is 21.4 Å². The lowest BCUT2D eigenvalue weighted by Crippen LogP contribution is -2.56. The molecule has 0 saturated carbocycles. The summed E-state index contributed by atoms with van der Waals surface area (Å²) in [6.45, 7) is 3.68. The summed E-state index contributed by atoms with van der Waals surface area (Å²) in [5, 5.41) is 18.8. The van der Waals surface area contributed by atoms with Crippen LogP contribution in [0.25, 0.3) is 10.9 Å². The maximum Gasteiger partial charge on any atom is 0.319 e. The van der Waals surface area contributed by atoms with Crippen LogP contribution in [0.3, 0.4) is 0 Å². The normalized spacial score (nSPS) is 13.5. The van der Waals surface area contributed by atoms with Crippen LogP contribution in [-0.2, 0) is 16.0 Å². The zero-order chi connectivity index (χ0) is 25.5. The minimum atomic E-state index is -1.08. The van der Waals surface area contributed by atoms with Crippen LogP contribution in [0.15, 0.2) is 48.5 Å². The van der Waals surface area contributed by atoms with Crippen molar-refractivity contribution in [2.75, 3.05) is 5.32 Å². The van der Waals surface area contributed by atoms with Gasteiger partial charge in [-0.05, 0) is 41.6 Å². The second kappa shape index (κ2) is 11.9. The van der Waals surface area contributed by atoms with E-state index < -0.39 is 29.9 Å². The van der Waals surface area contributed by atoms with Gasteiger partial charge in [-0.25, -0.2) is 10.3 Å². The zero-order valence-electron chi connectivity index (χ0n) is 19.2. The number of anilines is 1. The molecule has 3 atom stereocenters. The first-order chi connectivity index (χ1) is 16.7. The molecule has 9 nitrogen and oxygen atoms in total.